The highest BCUT2D eigenvalue weighted by molar-refractivity contribution is 6.31. The molecule has 2 rings (SSSR count). The van der Waals surface area contributed by atoms with E-state index in [1.165, 1.54) is 12.8 Å². The molecule has 0 spiro atoms. The fourth-order valence-electron chi connectivity index (χ4n) is 2.04. The Hall–Kier alpha value is -0.990. The molecule has 0 aliphatic heterocycles. The smallest absolute Gasteiger partial charge is 0.134 e. The van der Waals surface area contributed by atoms with Crippen LogP contribution in [0.2, 0.25) is 5.02 Å². The van der Waals surface area contributed by atoms with Crippen molar-refractivity contribution in [3.63, 3.8) is 0 Å². The first kappa shape index (κ1) is 12.5. The van der Waals surface area contributed by atoms with E-state index in [0.717, 1.165) is 28.2 Å². The molecule has 1 N–H and O–H groups in total. The number of rotatable bonds is 5. The number of fused-ring (bicyclic) bond motifs is 1. The maximum absolute atomic E-state index is 5.97. The van der Waals surface area contributed by atoms with E-state index in [1.807, 2.05) is 25.2 Å². The predicted octanol–water partition coefficient (Wildman–Crippen LogP) is 4.54. The summed E-state index contributed by atoms with van der Waals surface area (Å²) in [7, 11) is 1.97. The van der Waals surface area contributed by atoms with Gasteiger partial charge in [-0.1, -0.05) is 31.4 Å². The van der Waals surface area contributed by atoms with Gasteiger partial charge in [-0.2, -0.15) is 0 Å². The van der Waals surface area contributed by atoms with Gasteiger partial charge in [0.15, 0.2) is 0 Å². The van der Waals surface area contributed by atoms with Crippen LogP contribution >= 0.6 is 11.6 Å². The molecule has 0 amide bonds. The van der Waals surface area contributed by atoms with Crippen molar-refractivity contribution in [1.82, 2.24) is 5.32 Å². The molecule has 2 nitrogen and oxygen atoms in total. The maximum Gasteiger partial charge on any atom is 0.134 e. The Morgan fingerprint density at radius 2 is 2.18 bits per heavy atom. The van der Waals surface area contributed by atoms with Gasteiger partial charge < -0.3 is 9.73 Å². The third-order valence-electron chi connectivity index (χ3n) is 3.04. The van der Waals surface area contributed by atoms with Crippen molar-refractivity contribution in [2.45, 2.75) is 32.2 Å². The van der Waals surface area contributed by atoms with E-state index in [-0.39, 0.29) is 0 Å². The summed E-state index contributed by atoms with van der Waals surface area (Å²) < 4.78 is 5.85. The van der Waals surface area contributed by atoms with Crippen LogP contribution in [0.3, 0.4) is 0 Å². The molecule has 1 atom stereocenters. The molecule has 0 bridgehead atoms. The maximum atomic E-state index is 5.97. The van der Waals surface area contributed by atoms with Gasteiger partial charge in [0, 0.05) is 10.4 Å². The van der Waals surface area contributed by atoms with Gasteiger partial charge in [-0.05, 0) is 37.7 Å². The summed E-state index contributed by atoms with van der Waals surface area (Å²) in [6, 6.07) is 8.10. The van der Waals surface area contributed by atoms with E-state index in [1.54, 1.807) is 0 Å². The highest BCUT2D eigenvalue weighted by atomic mass is 35.5. The Morgan fingerprint density at radius 3 is 2.88 bits per heavy atom. The predicted molar refractivity (Wildman–Crippen MR) is 72.5 cm³/mol. The van der Waals surface area contributed by atoms with E-state index in [9.17, 15) is 0 Å². The lowest BCUT2D eigenvalue weighted by Crippen LogP contribution is -2.15. The van der Waals surface area contributed by atoms with E-state index < -0.39 is 0 Å². The largest absolute Gasteiger partial charge is 0.459 e. The average Bonchev–Trinajstić information content (AvgIpc) is 2.72. The molecule has 1 unspecified atom stereocenters. The van der Waals surface area contributed by atoms with Crippen molar-refractivity contribution >= 4 is 22.6 Å². The zero-order valence-electron chi connectivity index (χ0n) is 10.3. The summed E-state index contributed by atoms with van der Waals surface area (Å²) in [6.45, 7) is 2.20. The molecule has 0 saturated carbocycles. The Labute approximate surface area is 107 Å². The SMILES string of the molecule is CCCCC(NC)c1cc2cc(Cl)ccc2o1. The quantitative estimate of drug-likeness (QED) is 0.844. The van der Waals surface area contributed by atoms with Crippen LogP contribution in [0.15, 0.2) is 28.7 Å². The van der Waals surface area contributed by atoms with Gasteiger partial charge in [-0.25, -0.2) is 0 Å². The van der Waals surface area contributed by atoms with Crippen LogP contribution in [0.25, 0.3) is 11.0 Å². The van der Waals surface area contributed by atoms with Crippen molar-refractivity contribution in [2.24, 2.45) is 0 Å². The molecular weight excluding hydrogens is 234 g/mol. The van der Waals surface area contributed by atoms with Crippen LogP contribution in [0.1, 0.15) is 38.0 Å². The van der Waals surface area contributed by atoms with Gasteiger partial charge in [0.25, 0.3) is 0 Å². The molecular formula is C14H18ClNO. The monoisotopic (exact) mass is 251 g/mol. The van der Waals surface area contributed by atoms with Crippen molar-refractivity contribution in [1.29, 1.82) is 0 Å². The molecule has 3 heteroatoms. The van der Waals surface area contributed by atoms with Crippen molar-refractivity contribution in [3.8, 4) is 0 Å². The minimum atomic E-state index is 0.293. The second-order valence-corrected chi connectivity index (χ2v) is 4.75. The number of nitrogens with one attached hydrogen (secondary N) is 1. The fourth-order valence-corrected chi connectivity index (χ4v) is 2.22. The lowest BCUT2D eigenvalue weighted by molar-refractivity contribution is 0.423. The van der Waals surface area contributed by atoms with E-state index in [4.69, 9.17) is 16.0 Å². The van der Waals surface area contributed by atoms with Crippen molar-refractivity contribution < 1.29 is 4.42 Å². The van der Waals surface area contributed by atoms with E-state index >= 15 is 0 Å². The lowest BCUT2D eigenvalue weighted by atomic mass is 10.1. The van der Waals surface area contributed by atoms with Gasteiger partial charge in [0.2, 0.25) is 0 Å². The third-order valence-corrected chi connectivity index (χ3v) is 3.27. The van der Waals surface area contributed by atoms with Crippen LogP contribution in [-0.4, -0.2) is 7.05 Å². The molecule has 1 aromatic heterocycles. The van der Waals surface area contributed by atoms with Crippen molar-refractivity contribution in [3.05, 3.63) is 35.0 Å². The van der Waals surface area contributed by atoms with E-state index in [0.29, 0.717) is 6.04 Å². The Kier molecular flexibility index (Phi) is 4.08. The third kappa shape index (κ3) is 2.82. The van der Waals surface area contributed by atoms with Crippen LogP contribution in [0, 0.1) is 0 Å². The first-order chi connectivity index (χ1) is 8.24. The summed E-state index contributed by atoms with van der Waals surface area (Å²) in [5.74, 6) is 0.998. The standard InChI is InChI=1S/C14H18ClNO/c1-3-4-5-12(16-2)14-9-10-8-11(15)6-7-13(10)17-14/h6-9,12,16H,3-5H2,1-2H3. The van der Waals surface area contributed by atoms with Crippen LogP contribution < -0.4 is 5.32 Å². The number of furan rings is 1. The van der Waals surface area contributed by atoms with E-state index in [2.05, 4.69) is 18.3 Å². The molecule has 0 fully saturated rings. The Balaban J connectivity index is 2.27. The summed E-state index contributed by atoms with van der Waals surface area (Å²) in [4.78, 5) is 0. The minimum absolute atomic E-state index is 0.293. The molecule has 1 aromatic carbocycles. The molecule has 0 aliphatic carbocycles. The first-order valence-electron chi connectivity index (χ1n) is 6.11. The van der Waals surface area contributed by atoms with Gasteiger partial charge in [0.1, 0.15) is 11.3 Å². The molecule has 0 radical (unpaired) electrons. The normalized spacial score (nSPS) is 13.1. The molecule has 1 heterocycles. The second-order valence-electron chi connectivity index (χ2n) is 4.31. The first-order valence-corrected chi connectivity index (χ1v) is 6.48. The minimum Gasteiger partial charge on any atom is -0.459 e. The van der Waals surface area contributed by atoms with Gasteiger partial charge in [-0.15, -0.1) is 0 Å². The number of hydrogen-bond donors (Lipinski definition) is 1. The number of hydrogen-bond acceptors (Lipinski definition) is 2. The fraction of sp³-hybridized carbons (Fsp3) is 0.429. The average molecular weight is 252 g/mol. The second kappa shape index (κ2) is 5.56. The zero-order valence-corrected chi connectivity index (χ0v) is 11.1. The number of halogens is 1. The topological polar surface area (TPSA) is 25.2 Å². The summed E-state index contributed by atoms with van der Waals surface area (Å²) in [5, 5.41) is 5.12. The van der Waals surface area contributed by atoms with Crippen LogP contribution in [-0.2, 0) is 0 Å². The summed E-state index contributed by atoms with van der Waals surface area (Å²) in [5.41, 5.74) is 0.904. The lowest BCUT2D eigenvalue weighted by Gasteiger charge is -2.12. The van der Waals surface area contributed by atoms with Crippen LogP contribution in [0.4, 0.5) is 0 Å². The zero-order chi connectivity index (χ0) is 12.3. The van der Waals surface area contributed by atoms with Gasteiger partial charge in [-0.3, -0.25) is 0 Å². The molecule has 0 aliphatic rings. The van der Waals surface area contributed by atoms with Gasteiger partial charge in [0.05, 0.1) is 6.04 Å². The van der Waals surface area contributed by atoms with Gasteiger partial charge >= 0.3 is 0 Å². The van der Waals surface area contributed by atoms with Crippen molar-refractivity contribution in [2.75, 3.05) is 7.05 Å². The number of benzene rings is 1. The Bertz CT molecular complexity index is 492. The summed E-state index contributed by atoms with van der Waals surface area (Å²) in [6.07, 6.45) is 3.49. The number of unbranched alkanes of at least 4 members (excludes halogenated alkanes) is 1. The van der Waals surface area contributed by atoms with Crippen LogP contribution in [0.5, 0.6) is 0 Å². The highest BCUT2D eigenvalue weighted by Gasteiger charge is 2.13. The molecule has 92 valence electrons. The Morgan fingerprint density at radius 1 is 1.35 bits per heavy atom. The molecule has 0 saturated heterocycles. The summed E-state index contributed by atoms with van der Waals surface area (Å²) >= 11 is 5.97. The molecule has 2 aromatic rings. The molecule has 17 heavy (non-hydrogen) atoms. The highest BCUT2D eigenvalue weighted by Crippen LogP contribution is 2.28.